The number of benzene rings is 1. The molecule has 0 radical (unpaired) electrons. The lowest BCUT2D eigenvalue weighted by atomic mass is 10.2. The van der Waals surface area contributed by atoms with Crippen LogP contribution >= 0.6 is 11.6 Å². The van der Waals surface area contributed by atoms with Crippen molar-refractivity contribution in [2.24, 2.45) is 0 Å². The number of hydrogen-bond donors (Lipinski definition) is 0. The number of nitrogens with zero attached hydrogens (tertiary/aromatic N) is 1. The summed E-state index contributed by atoms with van der Waals surface area (Å²) in [6.45, 7) is 0.195. The number of hydrogen-bond acceptors (Lipinski definition) is 3. The molecule has 0 spiro atoms. The molecule has 4 heteroatoms. The first-order chi connectivity index (χ1) is 6.81. The second-order valence-corrected chi connectivity index (χ2v) is 2.95. The van der Waals surface area contributed by atoms with E-state index >= 15 is 0 Å². The Kier molecular flexibility index (Phi) is 2.18. The molecule has 2 rings (SSSR count). The summed E-state index contributed by atoms with van der Waals surface area (Å²) in [5.41, 5.74) is 0.567. The summed E-state index contributed by atoms with van der Waals surface area (Å²) >= 11 is 5.90. The van der Waals surface area contributed by atoms with Crippen LogP contribution in [-0.2, 0) is 0 Å². The molecule has 1 aromatic rings. The minimum absolute atomic E-state index is 0.195. The first kappa shape index (κ1) is 8.74. The van der Waals surface area contributed by atoms with Gasteiger partial charge in [0, 0.05) is 23.6 Å². The number of fused-ring (bicyclic) bond motifs is 1. The van der Waals surface area contributed by atoms with Gasteiger partial charge in [-0.25, -0.2) is 0 Å². The molecule has 0 amide bonds. The van der Waals surface area contributed by atoms with E-state index in [-0.39, 0.29) is 6.79 Å². The molecule has 1 aromatic carbocycles. The normalized spacial score (nSPS) is 11.4. The highest BCUT2D eigenvalue weighted by atomic mass is 35.5. The third kappa shape index (κ3) is 1.46. The van der Waals surface area contributed by atoms with E-state index in [1.54, 1.807) is 18.2 Å². The zero-order chi connectivity index (χ0) is 9.97. The van der Waals surface area contributed by atoms with E-state index in [1.807, 2.05) is 0 Å². The molecule has 0 saturated carbocycles. The number of nitriles is 1. The van der Waals surface area contributed by atoms with E-state index in [0.29, 0.717) is 22.1 Å². The van der Waals surface area contributed by atoms with E-state index in [2.05, 4.69) is 11.8 Å². The Bertz CT molecular complexity index is 479. The summed E-state index contributed by atoms with van der Waals surface area (Å²) < 4.78 is 10.3. The fourth-order valence-corrected chi connectivity index (χ4v) is 1.31. The predicted molar refractivity (Wildman–Crippen MR) is 50.1 cm³/mol. The third-order valence-corrected chi connectivity index (χ3v) is 2.03. The van der Waals surface area contributed by atoms with Crippen molar-refractivity contribution < 1.29 is 9.47 Å². The molecule has 0 saturated heterocycles. The molecule has 0 aliphatic carbocycles. The zero-order valence-electron chi connectivity index (χ0n) is 7.00. The molecule has 0 bridgehead atoms. The number of rotatable bonds is 0. The molecule has 0 N–H and O–H groups in total. The number of ether oxygens (including phenoxy) is 2. The summed E-state index contributed by atoms with van der Waals surface area (Å²) in [6.07, 6.45) is 0. The van der Waals surface area contributed by atoms with Gasteiger partial charge in [0.15, 0.2) is 17.6 Å². The molecule has 0 aromatic heterocycles. The Balaban J connectivity index is 2.48. The van der Waals surface area contributed by atoms with Crippen LogP contribution in [0.2, 0.25) is 5.02 Å². The summed E-state index contributed by atoms with van der Waals surface area (Å²) in [5, 5.41) is 8.74. The molecule has 1 aliphatic rings. The average Bonchev–Trinajstić information content (AvgIpc) is 2.61. The monoisotopic (exact) mass is 205 g/mol. The highest BCUT2D eigenvalue weighted by molar-refractivity contribution is 6.32. The fourth-order valence-electron chi connectivity index (χ4n) is 1.11. The van der Waals surface area contributed by atoms with E-state index < -0.39 is 0 Å². The molecular weight excluding hydrogens is 202 g/mol. The van der Waals surface area contributed by atoms with Gasteiger partial charge in [0.1, 0.15) is 0 Å². The van der Waals surface area contributed by atoms with Gasteiger partial charge in [0.25, 0.3) is 0 Å². The molecule has 3 nitrogen and oxygen atoms in total. The molecular formula is C10H4ClNO2. The Morgan fingerprint density at radius 2 is 2.00 bits per heavy atom. The van der Waals surface area contributed by atoms with Gasteiger partial charge in [-0.3, -0.25) is 0 Å². The average molecular weight is 206 g/mol. The van der Waals surface area contributed by atoms with Crippen molar-refractivity contribution in [2.45, 2.75) is 0 Å². The van der Waals surface area contributed by atoms with Crippen LogP contribution in [-0.4, -0.2) is 6.79 Å². The summed E-state index contributed by atoms with van der Waals surface area (Å²) in [5.74, 6) is 6.10. The number of halogens is 1. The van der Waals surface area contributed by atoms with Crippen molar-refractivity contribution in [2.75, 3.05) is 6.79 Å². The largest absolute Gasteiger partial charge is 0.454 e. The van der Waals surface area contributed by atoms with Crippen LogP contribution < -0.4 is 9.47 Å². The Labute approximate surface area is 85.8 Å². The lowest BCUT2D eigenvalue weighted by molar-refractivity contribution is 0.174. The van der Waals surface area contributed by atoms with Crippen LogP contribution in [0.5, 0.6) is 11.5 Å². The van der Waals surface area contributed by atoms with Gasteiger partial charge >= 0.3 is 0 Å². The highest BCUT2D eigenvalue weighted by Crippen LogP contribution is 2.36. The predicted octanol–water partition coefficient (Wildman–Crippen LogP) is 1.94. The van der Waals surface area contributed by atoms with Crippen molar-refractivity contribution in [1.82, 2.24) is 0 Å². The second kappa shape index (κ2) is 3.49. The van der Waals surface area contributed by atoms with Crippen LogP contribution in [0, 0.1) is 23.2 Å². The molecule has 14 heavy (non-hydrogen) atoms. The zero-order valence-corrected chi connectivity index (χ0v) is 7.76. The van der Waals surface area contributed by atoms with E-state index in [4.69, 9.17) is 26.3 Å². The van der Waals surface area contributed by atoms with Crippen LogP contribution in [0.3, 0.4) is 0 Å². The van der Waals surface area contributed by atoms with Gasteiger partial charge in [-0.1, -0.05) is 11.6 Å². The Hall–Kier alpha value is -1.84. The quantitative estimate of drug-likeness (QED) is 0.608. The molecule has 0 atom stereocenters. The SMILES string of the molecule is N#CC#Cc1cc2c(cc1Cl)OCO2. The molecule has 1 aliphatic heterocycles. The first-order valence-corrected chi connectivity index (χ1v) is 4.18. The fraction of sp³-hybridized carbons (Fsp3) is 0.100. The third-order valence-electron chi connectivity index (χ3n) is 1.72. The van der Waals surface area contributed by atoms with Gasteiger partial charge in [0.05, 0.1) is 5.02 Å². The minimum atomic E-state index is 0.195. The van der Waals surface area contributed by atoms with E-state index in [1.165, 1.54) is 0 Å². The van der Waals surface area contributed by atoms with E-state index in [0.717, 1.165) is 0 Å². The van der Waals surface area contributed by atoms with Gasteiger partial charge in [-0.05, 0) is 5.92 Å². The van der Waals surface area contributed by atoms with Gasteiger partial charge in [0.2, 0.25) is 6.79 Å². The summed E-state index contributed by atoms with van der Waals surface area (Å²) in [6, 6.07) is 5.01. The van der Waals surface area contributed by atoms with Gasteiger partial charge < -0.3 is 9.47 Å². The van der Waals surface area contributed by atoms with Crippen molar-refractivity contribution in [3.05, 3.63) is 22.7 Å². The van der Waals surface area contributed by atoms with Crippen LogP contribution in [0.4, 0.5) is 0 Å². The minimum Gasteiger partial charge on any atom is -0.454 e. The lowest BCUT2D eigenvalue weighted by Gasteiger charge is -1.98. The molecule has 0 unspecified atom stereocenters. The van der Waals surface area contributed by atoms with Crippen LogP contribution in [0.1, 0.15) is 5.56 Å². The molecule has 0 fully saturated rings. The standard InChI is InChI=1S/C10H4ClNO2/c11-8-5-10-9(13-6-14-10)4-7(8)2-1-3-12/h4-5H,6H2. The molecule has 1 heterocycles. The smallest absolute Gasteiger partial charge is 0.231 e. The highest BCUT2D eigenvalue weighted by Gasteiger charge is 2.15. The first-order valence-electron chi connectivity index (χ1n) is 3.80. The van der Waals surface area contributed by atoms with Gasteiger partial charge in [-0.15, -0.1) is 0 Å². The van der Waals surface area contributed by atoms with E-state index in [9.17, 15) is 0 Å². The summed E-state index contributed by atoms with van der Waals surface area (Å²) in [7, 11) is 0. The topological polar surface area (TPSA) is 42.2 Å². The Morgan fingerprint density at radius 1 is 1.29 bits per heavy atom. The maximum Gasteiger partial charge on any atom is 0.231 e. The van der Waals surface area contributed by atoms with Crippen LogP contribution in [0.15, 0.2) is 12.1 Å². The second-order valence-electron chi connectivity index (χ2n) is 2.55. The van der Waals surface area contributed by atoms with Gasteiger partial charge in [-0.2, -0.15) is 5.26 Å². The van der Waals surface area contributed by atoms with Crippen molar-refractivity contribution >= 4 is 11.6 Å². The van der Waals surface area contributed by atoms with Crippen molar-refractivity contribution in [3.8, 4) is 29.4 Å². The van der Waals surface area contributed by atoms with Crippen molar-refractivity contribution in [3.63, 3.8) is 0 Å². The maximum absolute atomic E-state index is 8.29. The van der Waals surface area contributed by atoms with Crippen LogP contribution in [0.25, 0.3) is 0 Å². The lowest BCUT2D eigenvalue weighted by Crippen LogP contribution is -1.92. The maximum atomic E-state index is 8.29. The summed E-state index contributed by atoms with van der Waals surface area (Å²) in [4.78, 5) is 0. The Morgan fingerprint density at radius 3 is 2.71 bits per heavy atom. The van der Waals surface area contributed by atoms with Crippen molar-refractivity contribution in [1.29, 1.82) is 5.26 Å². The molecule has 68 valence electrons.